The summed E-state index contributed by atoms with van der Waals surface area (Å²) in [5.41, 5.74) is 0.472. The molecule has 0 unspecified atom stereocenters. The second-order valence-electron chi connectivity index (χ2n) is 8.17. The van der Waals surface area contributed by atoms with Crippen LogP contribution in [0.1, 0.15) is 118 Å². The molecule has 0 heterocycles. The van der Waals surface area contributed by atoms with E-state index in [1.807, 2.05) is 0 Å². The van der Waals surface area contributed by atoms with Gasteiger partial charge in [-0.1, -0.05) is 91.9 Å². The maximum absolute atomic E-state index is 11.6. The van der Waals surface area contributed by atoms with Gasteiger partial charge in [-0.15, -0.1) is 0 Å². The van der Waals surface area contributed by atoms with E-state index in [1.165, 1.54) is 70.6 Å². The maximum Gasteiger partial charge on any atom is 0.305 e. The average Bonchev–Trinajstić information content (AvgIpc) is 2.48. The highest BCUT2D eigenvalue weighted by molar-refractivity contribution is 5.69. The third-order valence-corrected chi connectivity index (χ3v) is 4.32. The Morgan fingerprint density at radius 2 is 1.26 bits per heavy atom. The molecule has 0 saturated heterocycles. The van der Waals surface area contributed by atoms with Gasteiger partial charge in [0, 0.05) is 6.42 Å². The van der Waals surface area contributed by atoms with Gasteiger partial charge in [-0.05, 0) is 24.7 Å². The van der Waals surface area contributed by atoms with Crippen LogP contribution in [0.15, 0.2) is 0 Å². The van der Waals surface area contributed by atoms with Crippen LogP contribution < -0.4 is 0 Å². The third kappa shape index (κ3) is 19.4. The first-order valence-electron chi connectivity index (χ1n) is 10.1. The molecule has 0 aromatic carbocycles. The van der Waals surface area contributed by atoms with Crippen molar-refractivity contribution in [3.8, 4) is 0 Å². The van der Waals surface area contributed by atoms with Crippen molar-refractivity contribution in [2.45, 2.75) is 118 Å². The predicted molar refractivity (Wildman–Crippen MR) is 101 cm³/mol. The number of ether oxygens (including phenoxy) is 1. The fourth-order valence-corrected chi connectivity index (χ4v) is 2.77. The number of esters is 1. The lowest BCUT2D eigenvalue weighted by Crippen LogP contribution is -2.05. The molecule has 0 rings (SSSR count). The summed E-state index contributed by atoms with van der Waals surface area (Å²) in [6.07, 6.45) is 16.8. The molecule has 2 heteroatoms. The maximum atomic E-state index is 11.6. The van der Waals surface area contributed by atoms with E-state index in [-0.39, 0.29) is 5.97 Å². The topological polar surface area (TPSA) is 26.3 Å². The lowest BCUT2D eigenvalue weighted by atomic mass is 9.89. The summed E-state index contributed by atoms with van der Waals surface area (Å²) < 4.78 is 5.29. The number of unbranched alkanes of at least 4 members (excludes halogenated alkanes) is 10. The van der Waals surface area contributed by atoms with Gasteiger partial charge in [-0.3, -0.25) is 4.79 Å². The van der Waals surface area contributed by atoms with Gasteiger partial charge in [0.25, 0.3) is 0 Å². The molecule has 0 bridgehead atoms. The molecule has 0 fully saturated rings. The molecule has 0 atom stereocenters. The number of carbonyl (C=O) groups excluding carboxylic acids is 1. The molecule has 0 saturated carbocycles. The van der Waals surface area contributed by atoms with Crippen LogP contribution in [0.3, 0.4) is 0 Å². The smallest absolute Gasteiger partial charge is 0.305 e. The van der Waals surface area contributed by atoms with Crippen molar-refractivity contribution in [1.29, 1.82) is 0 Å². The second-order valence-corrected chi connectivity index (χ2v) is 8.17. The minimum atomic E-state index is 0.00582. The lowest BCUT2D eigenvalue weighted by molar-refractivity contribution is -0.143. The van der Waals surface area contributed by atoms with Gasteiger partial charge in [0.15, 0.2) is 0 Å². The van der Waals surface area contributed by atoms with Crippen LogP contribution in [0.5, 0.6) is 0 Å². The van der Waals surface area contributed by atoms with Crippen LogP contribution >= 0.6 is 0 Å². The van der Waals surface area contributed by atoms with Gasteiger partial charge >= 0.3 is 5.97 Å². The molecule has 0 amide bonds. The Kier molecular flexibility index (Phi) is 14.7. The summed E-state index contributed by atoms with van der Waals surface area (Å²) in [7, 11) is 0. The molecule has 0 aromatic heterocycles. The summed E-state index contributed by atoms with van der Waals surface area (Å²) in [4.78, 5) is 11.6. The zero-order valence-corrected chi connectivity index (χ0v) is 16.4. The number of hydrogen-bond acceptors (Lipinski definition) is 2. The summed E-state index contributed by atoms with van der Waals surface area (Å²) in [5, 5.41) is 0. The zero-order valence-electron chi connectivity index (χ0n) is 16.4. The molecule has 0 radical (unpaired) electrons. The van der Waals surface area contributed by atoms with E-state index in [2.05, 4.69) is 27.7 Å². The monoisotopic (exact) mass is 326 g/mol. The van der Waals surface area contributed by atoms with Crippen molar-refractivity contribution in [2.75, 3.05) is 6.61 Å². The minimum absolute atomic E-state index is 0.00582. The number of hydrogen-bond donors (Lipinski definition) is 0. The van der Waals surface area contributed by atoms with Gasteiger partial charge in [0.2, 0.25) is 0 Å². The molecular weight excluding hydrogens is 284 g/mol. The fourth-order valence-electron chi connectivity index (χ4n) is 2.77. The van der Waals surface area contributed by atoms with Gasteiger partial charge in [-0.2, -0.15) is 0 Å². The summed E-state index contributed by atoms with van der Waals surface area (Å²) in [6.45, 7) is 9.78. The van der Waals surface area contributed by atoms with Crippen LogP contribution in [0, 0.1) is 5.41 Å². The van der Waals surface area contributed by atoms with E-state index in [9.17, 15) is 4.79 Å². The van der Waals surface area contributed by atoms with Gasteiger partial charge in [-0.25, -0.2) is 0 Å². The van der Waals surface area contributed by atoms with Crippen molar-refractivity contribution in [1.82, 2.24) is 0 Å². The van der Waals surface area contributed by atoms with Gasteiger partial charge < -0.3 is 4.74 Å². The van der Waals surface area contributed by atoms with Crippen molar-refractivity contribution in [3.05, 3.63) is 0 Å². The van der Waals surface area contributed by atoms with E-state index < -0.39 is 0 Å². The molecule has 0 spiro atoms. The Labute approximate surface area is 145 Å². The van der Waals surface area contributed by atoms with Gasteiger partial charge in [0.1, 0.15) is 0 Å². The van der Waals surface area contributed by atoms with E-state index in [4.69, 9.17) is 4.74 Å². The Bertz CT molecular complexity index is 266. The van der Waals surface area contributed by atoms with Crippen molar-refractivity contribution in [2.24, 2.45) is 5.41 Å². The second kappa shape index (κ2) is 15.0. The first-order chi connectivity index (χ1) is 11.0. The normalized spacial score (nSPS) is 11.7. The Hall–Kier alpha value is -0.530. The van der Waals surface area contributed by atoms with E-state index >= 15 is 0 Å². The molecule has 0 N–H and O–H groups in total. The predicted octanol–water partition coefficient (Wildman–Crippen LogP) is 7.06. The highest BCUT2D eigenvalue weighted by Crippen LogP contribution is 2.22. The summed E-state index contributed by atoms with van der Waals surface area (Å²) in [5.74, 6) is 0.00582. The van der Waals surface area contributed by atoms with Crippen molar-refractivity contribution >= 4 is 5.97 Å². The van der Waals surface area contributed by atoms with Crippen molar-refractivity contribution < 1.29 is 9.53 Å². The SMILES string of the molecule is CCCCCCCCOC(=O)CCCCCCCCC(C)(C)C. The molecule has 0 aliphatic heterocycles. The van der Waals surface area contributed by atoms with Crippen LogP contribution in [0.2, 0.25) is 0 Å². The van der Waals surface area contributed by atoms with Crippen LogP contribution in [-0.4, -0.2) is 12.6 Å². The quantitative estimate of drug-likeness (QED) is 0.238. The Morgan fingerprint density at radius 1 is 0.739 bits per heavy atom. The molecule has 2 nitrogen and oxygen atoms in total. The zero-order chi connectivity index (χ0) is 17.4. The summed E-state index contributed by atoms with van der Waals surface area (Å²) >= 11 is 0. The average molecular weight is 327 g/mol. The standard InChI is InChI=1S/C21H42O2/c1-5-6-7-8-13-16-19-23-20(22)17-14-11-9-10-12-15-18-21(2,3)4/h5-19H2,1-4H3. The minimum Gasteiger partial charge on any atom is -0.466 e. The lowest BCUT2D eigenvalue weighted by Gasteiger charge is -2.17. The number of carbonyl (C=O) groups is 1. The molecule has 0 aromatic rings. The van der Waals surface area contributed by atoms with Crippen LogP contribution in [0.25, 0.3) is 0 Å². The highest BCUT2D eigenvalue weighted by Gasteiger charge is 2.08. The summed E-state index contributed by atoms with van der Waals surface area (Å²) in [6, 6.07) is 0. The third-order valence-electron chi connectivity index (χ3n) is 4.32. The van der Waals surface area contributed by atoms with Crippen molar-refractivity contribution in [3.63, 3.8) is 0 Å². The highest BCUT2D eigenvalue weighted by atomic mass is 16.5. The van der Waals surface area contributed by atoms with Crippen LogP contribution in [-0.2, 0) is 9.53 Å². The van der Waals surface area contributed by atoms with E-state index in [0.29, 0.717) is 18.4 Å². The molecule has 0 aliphatic rings. The number of rotatable bonds is 15. The first kappa shape index (κ1) is 22.5. The molecule has 23 heavy (non-hydrogen) atoms. The van der Waals surface area contributed by atoms with Crippen LogP contribution in [0.4, 0.5) is 0 Å². The Balaban J connectivity index is 3.21. The van der Waals surface area contributed by atoms with E-state index in [1.54, 1.807) is 0 Å². The Morgan fingerprint density at radius 3 is 1.87 bits per heavy atom. The molecule has 0 aliphatic carbocycles. The largest absolute Gasteiger partial charge is 0.466 e. The molecule has 138 valence electrons. The fraction of sp³-hybridized carbons (Fsp3) is 0.952. The van der Waals surface area contributed by atoms with E-state index in [0.717, 1.165) is 12.8 Å². The van der Waals surface area contributed by atoms with Gasteiger partial charge in [0.05, 0.1) is 6.61 Å². The first-order valence-corrected chi connectivity index (χ1v) is 10.1. The molecular formula is C21H42O2.